The molecule has 0 fully saturated rings. The highest BCUT2D eigenvalue weighted by atomic mass is 16.5. The van der Waals surface area contributed by atoms with Crippen LogP contribution in [-0.2, 0) is 13.2 Å². The minimum absolute atomic E-state index is 0.0565. The Kier molecular flexibility index (Phi) is 3.16. The molecule has 0 unspecified atom stereocenters. The number of nitrogens with zero attached hydrogens (tertiary/aromatic N) is 2. The van der Waals surface area contributed by atoms with Crippen LogP contribution in [0.3, 0.4) is 0 Å². The maximum absolute atomic E-state index is 9.09. The van der Waals surface area contributed by atoms with Gasteiger partial charge in [-0.2, -0.15) is 0 Å². The van der Waals surface area contributed by atoms with Crippen LogP contribution in [-0.4, -0.2) is 15.3 Å². The highest BCUT2D eigenvalue weighted by molar-refractivity contribution is 5.32. The smallest absolute Gasteiger partial charge is 0.253 e. The third-order valence-electron chi connectivity index (χ3n) is 2.06. The zero-order valence-corrected chi connectivity index (χ0v) is 8.88. The highest BCUT2D eigenvalue weighted by Gasteiger charge is 2.05. The summed E-state index contributed by atoms with van der Waals surface area (Å²) in [6.45, 7) is 1.87. The van der Waals surface area contributed by atoms with Crippen molar-refractivity contribution in [1.82, 2.24) is 10.2 Å². The number of aliphatic hydroxyl groups is 1. The number of aryl methyl sites for hydroxylation is 1. The van der Waals surface area contributed by atoms with Crippen LogP contribution < -0.4 is 4.74 Å². The molecule has 2 rings (SSSR count). The summed E-state index contributed by atoms with van der Waals surface area (Å²) in [4.78, 5) is 0. The molecule has 84 valence electrons. The number of hydrogen-bond acceptors (Lipinski definition) is 5. The Labute approximate surface area is 92.7 Å². The Morgan fingerprint density at radius 3 is 2.81 bits per heavy atom. The Bertz CT molecular complexity index is 468. The molecule has 0 aliphatic heterocycles. The first kappa shape index (κ1) is 10.6. The molecule has 0 aliphatic rings. The normalized spacial score (nSPS) is 10.4. The predicted molar refractivity (Wildman–Crippen MR) is 55.7 cm³/mol. The summed E-state index contributed by atoms with van der Waals surface area (Å²) < 4.78 is 10.6. The van der Waals surface area contributed by atoms with Crippen molar-refractivity contribution in [2.24, 2.45) is 0 Å². The van der Waals surface area contributed by atoms with Gasteiger partial charge in [0.15, 0.2) is 6.61 Å². The fourth-order valence-corrected chi connectivity index (χ4v) is 1.31. The second-order valence-corrected chi connectivity index (χ2v) is 3.27. The van der Waals surface area contributed by atoms with Gasteiger partial charge < -0.3 is 14.3 Å². The molecule has 0 atom stereocenters. The lowest BCUT2D eigenvalue weighted by Crippen LogP contribution is -1.98. The number of hydrogen-bond donors (Lipinski definition) is 1. The molecule has 0 spiro atoms. The van der Waals surface area contributed by atoms with Crippen molar-refractivity contribution in [3.8, 4) is 5.75 Å². The van der Waals surface area contributed by atoms with E-state index in [1.165, 1.54) is 0 Å². The Morgan fingerprint density at radius 1 is 1.31 bits per heavy atom. The van der Waals surface area contributed by atoms with Gasteiger partial charge in [0.05, 0.1) is 6.61 Å². The molecular formula is C11H12N2O3. The van der Waals surface area contributed by atoms with Crippen LogP contribution in [0.5, 0.6) is 5.75 Å². The van der Waals surface area contributed by atoms with Crippen LogP contribution in [0, 0.1) is 6.92 Å². The van der Waals surface area contributed by atoms with E-state index in [-0.39, 0.29) is 13.2 Å². The van der Waals surface area contributed by atoms with Crippen LogP contribution in [0.25, 0.3) is 0 Å². The summed E-state index contributed by atoms with van der Waals surface area (Å²) in [6.07, 6.45) is 0. The molecule has 0 saturated carbocycles. The van der Waals surface area contributed by atoms with E-state index >= 15 is 0 Å². The van der Waals surface area contributed by atoms with E-state index in [0.717, 1.165) is 5.56 Å². The van der Waals surface area contributed by atoms with E-state index in [1.807, 2.05) is 12.1 Å². The average molecular weight is 220 g/mol. The van der Waals surface area contributed by atoms with Gasteiger partial charge in [0.2, 0.25) is 5.89 Å². The zero-order valence-electron chi connectivity index (χ0n) is 8.88. The fraction of sp³-hybridized carbons (Fsp3) is 0.273. The largest absolute Gasteiger partial charge is 0.483 e. The number of aliphatic hydroxyl groups excluding tert-OH is 1. The van der Waals surface area contributed by atoms with Crippen molar-refractivity contribution in [3.63, 3.8) is 0 Å². The van der Waals surface area contributed by atoms with Gasteiger partial charge in [-0.05, 0) is 6.07 Å². The van der Waals surface area contributed by atoms with Gasteiger partial charge in [-0.1, -0.05) is 18.2 Å². The lowest BCUT2D eigenvalue weighted by atomic mass is 10.2. The molecule has 1 heterocycles. The predicted octanol–water partition coefficient (Wildman–Crippen LogP) is 1.45. The molecule has 5 nitrogen and oxygen atoms in total. The maximum atomic E-state index is 9.09. The van der Waals surface area contributed by atoms with Crippen molar-refractivity contribution in [2.45, 2.75) is 20.1 Å². The average Bonchev–Trinajstić information content (AvgIpc) is 2.73. The van der Waals surface area contributed by atoms with Gasteiger partial charge in [-0.3, -0.25) is 0 Å². The van der Waals surface area contributed by atoms with Crippen molar-refractivity contribution in [3.05, 3.63) is 41.6 Å². The van der Waals surface area contributed by atoms with Crippen molar-refractivity contribution < 1.29 is 14.3 Å². The molecule has 1 aromatic carbocycles. The SMILES string of the molecule is Cc1nnc(COc2ccccc2CO)o1. The summed E-state index contributed by atoms with van der Waals surface area (Å²) in [5.41, 5.74) is 0.735. The van der Waals surface area contributed by atoms with Gasteiger partial charge in [-0.25, -0.2) is 0 Å². The molecule has 1 N–H and O–H groups in total. The van der Waals surface area contributed by atoms with E-state index in [4.69, 9.17) is 14.3 Å². The minimum Gasteiger partial charge on any atom is -0.483 e. The molecule has 0 radical (unpaired) electrons. The topological polar surface area (TPSA) is 68.4 Å². The van der Waals surface area contributed by atoms with Gasteiger partial charge in [0.1, 0.15) is 5.75 Å². The van der Waals surface area contributed by atoms with E-state index in [9.17, 15) is 0 Å². The lowest BCUT2D eigenvalue weighted by molar-refractivity contribution is 0.239. The standard InChI is InChI=1S/C11H12N2O3/c1-8-12-13-11(16-8)7-15-10-5-3-2-4-9(10)6-14/h2-5,14H,6-7H2,1H3. The first-order valence-electron chi connectivity index (χ1n) is 4.90. The number of para-hydroxylation sites is 1. The Balaban J connectivity index is 2.04. The Hall–Kier alpha value is -1.88. The van der Waals surface area contributed by atoms with E-state index in [0.29, 0.717) is 17.5 Å². The first-order chi connectivity index (χ1) is 7.79. The lowest BCUT2D eigenvalue weighted by Gasteiger charge is -2.07. The van der Waals surface area contributed by atoms with Crippen molar-refractivity contribution in [1.29, 1.82) is 0 Å². The summed E-state index contributed by atoms with van der Waals surface area (Å²) in [5.74, 6) is 1.56. The third kappa shape index (κ3) is 2.38. The van der Waals surface area contributed by atoms with Crippen LogP contribution in [0.1, 0.15) is 17.3 Å². The monoisotopic (exact) mass is 220 g/mol. The van der Waals surface area contributed by atoms with Crippen LogP contribution in [0.4, 0.5) is 0 Å². The molecule has 2 aromatic rings. The van der Waals surface area contributed by atoms with Gasteiger partial charge in [0, 0.05) is 12.5 Å². The summed E-state index contributed by atoms with van der Waals surface area (Å²) >= 11 is 0. The summed E-state index contributed by atoms with van der Waals surface area (Å²) in [6, 6.07) is 7.27. The number of ether oxygens (including phenoxy) is 1. The third-order valence-corrected chi connectivity index (χ3v) is 2.06. The first-order valence-corrected chi connectivity index (χ1v) is 4.90. The molecule has 1 aromatic heterocycles. The number of benzene rings is 1. The van der Waals surface area contributed by atoms with Gasteiger partial charge in [-0.15, -0.1) is 10.2 Å². The quantitative estimate of drug-likeness (QED) is 0.844. The zero-order chi connectivity index (χ0) is 11.4. The Morgan fingerprint density at radius 2 is 2.12 bits per heavy atom. The van der Waals surface area contributed by atoms with E-state index < -0.39 is 0 Å². The summed E-state index contributed by atoms with van der Waals surface area (Å²) in [7, 11) is 0. The number of aromatic nitrogens is 2. The molecule has 0 aliphatic carbocycles. The molecule has 0 amide bonds. The van der Waals surface area contributed by atoms with Crippen molar-refractivity contribution >= 4 is 0 Å². The molecule has 16 heavy (non-hydrogen) atoms. The van der Waals surface area contributed by atoms with Crippen LogP contribution in [0.15, 0.2) is 28.7 Å². The molecule has 0 bridgehead atoms. The fourth-order valence-electron chi connectivity index (χ4n) is 1.31. The summed E-state index contributed by atoms with van der Waals surface area (Å²) in [5, 5.41) is 16.6. The molecular weight excluding hydrogens is 208 g/mol. The molecule has 5 heteroatoms. The van der Waals surface area contributed by atoms with Crippen molar-refractivity contribution in [2.75, 3.05) is 0 Å². The second kappa shape index (κ2) is 4.76. The van der Waals surface area contributed by atoms with Crippen LogP contribution >= 0.6 is 0 Å². The second-order valence-electron chi connectivity index (χ2n) is 3.27. The minimum atomic E-state index is -0.0565. The number of rotatable bonds is 4. The van der Waals surface area contributed by atoms with E-state index in [2.05, 4.69) is 10.2 Å². The van der Waals surface area contributed by atoms with Crippen LogP contribution in [0.2, 0.25) is 0 Å². The molecule has 0 saturated heterocycles. The van der Waals surface area contributed by atoms with Gasteiger partial charge in [0.25, 0.3) is 5.89 Å². The maximum Gasteiger partial charge on any atom is 0.253 e. The van der Waals surface area contributed by atoms with E-state index in [1.54, 1.807) is 19.1 Å². The van der Waals surface area contributed by atoms with Gasteiger partial charge >= 0.3 is 0 Å². The highest BCUT2D eigenvalue weighted by Crippen LogP contribution is 2.18.